The van der Waals surface area contributed by atoms with Crippen LogP contribution in [0.1, 0.15) is 57.9 Å². The maximum atomic E-state index is 13.5. The van der Waals surface area contributed by atoms with E-state index in [9.17, 15) is 18.0 Å². The number of nitrogens with zero attached hydrogens (tertiary/aromatic N) is 3. The fourth-order valence-corrected chi connectivity index (χ4v) is 6.89. The summed E-state index contributed by atoms with van der Waals surface area (Å²) in [4.78, 5) is 36.0. The molecule has 1 saturated carbocycles. The lowest BCUT2D eigenvalue weighted by Gasteiger charge is -2.37. The molecule has 2 aromatic rings. The Morgan fingerprint density at radius 1 is 1.11 bits per heavy atom. The Morgan fingerprint density at radius 3 is 2.59 bits per heavy atom. The lowest BCUT2D eigenvalue weighted by molar-refractivity contribution is -0.181. The Morgan fingerprint density at radius 2 is 1.89 bits per heavy atom. The summed E-state index contributed by atoms with van der Waals surface area (Å²) in [5.74, 6) is 0.362. The molecule has 0 aromatic heterocycles. The van der Waals surface area contributed by atoms with Crippen molar-refractivity contribution in [2.45, 2.75) is 63.4 Å². The number of hydrogen-bond acceptors (Lipinski definition) is 8. The van der Waals surface area contributed by atoms with Crippen LogP contribution >= 0.6 is 0 Å². The molecule has 11 nitrogen and oxygen atoms in total. The van der Waals surface area contributed by atoms with Crippen molar-refractivity contribution < 1.29 is 27.6 Å². The molecule has 1 aliphatic carbocycles. The van der Waals surface area contributed by atoms with Gasteiger partial charge in [-0.2, -0.15) is 4.31 Å². The summed E-state index contributed by atoms with van der Waals surface area (Å²) in [6.45, 7) is 5.79. The van der Waals surface area contributed by atoms with E-state index in [2.05, 4.69) is 17.2 Å². The summed E-state index contributed by atoms with van der Waals surface area (Å²) in [5.41, 5.74) is 9.52. The zero-order valence-corrected chi connectivity index (χ0v) is 26.1. The zero-order valence-electron chi connectivity index (χ0n) is 25.3. The Labute approximate surface area is 259 Å². The number of benzene rings is 2. The monoisotopic (exact) mass is 623 g/mol. The van der Waals surface area contributed by atoms with Gasteiger partial charge in [-0.25, -0.2) is 23.3 Å². The smallest absolute Gasteiger partial charge is 0.407 e. The summed E-state index contributed by atoms with van der Waals surface area (Å²) in [6, 6.07) is 12.5. The molecule has 2 heterocycles. The van der Waals surface area contributed by atoms with E-state index in [0.717, 1.165) is 36.8 Å². The summed E-state index contributed by atoms with van der Waals surface area (Å²) in [5, 5.41) is 3.96. The second kappa shape index (κ2) is 13.9. The first-order valence-electron chi connectivity index (χ1n) is 15.4. The van der Waals surface area contributed by atoms with Gasteiger partial charge in [-0.1, -0.05) is 44.5 Å². The number of aliphatic imine (C=N–C) groups is 1. The molecule has 3 N–H and O–H groups in total. The van der Waals surface area contributed by atoms with Gasteiger partial charge in [0.05, 0.1) is 17.2 Å². The lowest BCUT2D eigenvalue weighted by Crippen LogP contribution is -2.49. The Hall–Kier alpha value is -3.74. The average Bonchev–Trinajstić information content (AvgIpc) is 3.13. The molecule has 0 unspecified atom stereocenters. The fraction of sp³-hybridized carbons (Fsp3) is 0.469. The molecule has 0 bridgehead atoms. The minimum Gasteiger partial charge on any atom is -0.446 e. The van der Waals surface area contributed by atoms with Crippen LogP contribution in [0.2, 0.25) is 0 Å². The normalized spacial score (nSPS) is 17.3. The number of ether oxygens (including phenoxy) is 1. The van der Waals surface area contributed by atoms with Gasteiger partial charge in [-0.3, -0.25) is 9.63 Å². The van der Waals surface area contributed by atoms with Gasteiger partial charge in [0.1, 0.15) is 11.9 Å². The largest absolute Gasteiger partial charge is 0.446 e. The van der Waals surface area contributed by atoms with Gasteiger partial charge in [0.15, 0.2) is 0 Å². The van der Waals surface area contributed by atoms with Crippen LogP contribution in [-0.2, 0) is 24.4 Å². The molecular weight excluding hydrogens is 582 g/mol. The van der Waals surface area contributed by atoms with Crippen LogP contribution in [0.25, 0.3) is 17.2 Å². The predicted molar refractivity (Wildman–Crippen MR) is 168 cm³/mol. The summed E-state index contributed by atoms with van der Waals surface area (Å²) >= 11 is 0. The highest BCUT2D eigenvalue weighted by atomic mass is 32.2. The second-order valence-corrected chi connectivity index (χ2v) is 13.4. The van der Waals surface area contributed by atoms with Gasteiger partial charge in [0, 0.05) is 43.7 Å². The van der Waals surface area contributed by atoms with Gasteiger partial charge in [0.2, 0.25) is 10.0 Å². The Bertz CT molecular complexity index is 1550. The number of hydroxylamine groups is 2. The van der Waals surface area contributed by atoms with Crippen LogP contribution in [-0.4, -0.2) is 74.5 Å². The van der Waals surface area contributed by atoms with Crippen LogP contribution in [0.15, 0.2) is 57.9 Å². The SMILES string of the molecule is CCCN(OCCNC(=O)OC1CCC1)C(=O)C1=Cc2ccc(-c3cccc(S(=O)(=O)N4CC(CC)C4)c3)cc2N=C(N)C1. The molecule has 3 aliphatic rings. The van der Waals surface area contributed by atoms with E-state index in [1.165, 1.54) is 9.37 Å². The van der Waals surface area contributed by atoms with Gasteiger partial charge < -0.3 is 15.8 Å². The predicted octanol–water partition coefficient (Wildman–Crippen LogP) is 4.61. The van der Waals surface area contributed by atoms with Crippen LogP contribution in [0.5, 0.6) is 0 Å². The number of carbonyl (C=O) groups is 2. The molecule has 236 valence electrons. The Kier molecular flexibility index (Phi) is 10.0. The fourth-order valence-electron chi connectivity index (χ4n) is 5.25. The highest BCUT2D eigenvalue weighted by molar-refractivity contribution is 7.89. The molecule has 12 heteroatoms. The standard InChI is InChI=1S/C32H41N5O6S/c1-3-14-37(42-15-13-34-32(39)43-27-8-6-9-27)31(38)26-16-25-12-11-24(18-29(25)35-30(33)19-26)23-7-5-10-28(17-23)44(40,41)36-20-22(4-2)21-36/h5,7,10-12,16-18,22,27H,3-4,6,8-9,13-15,19-21H2,1-2H3,(H2,33,35)(H,34,39). The summed E-state index contributed by atoms with van der Waals surface area (Å²) < 4.78 is 33.1. The van der Waals surface area contributed by atoms with Gasteiger partial charge in [0.25, 0.3) is 5.91 Å². The van der Waals surface area contributed by atoms with Crippen LogP contribution in [0, 0.1) is 5.92 Å². The Balaban J connectivity index is 1.28. The molecular formula is C32H41N5O6S. The topological polar surface area (TPSA) is 144 Å². The highest BCUT2D eigenvalue weighted by Gasteiger charge is 2.35. The van der Waals surface area contributed by atoms with E-state index in [-0.39, 0.29) is 42.3 Å². The summed E-state index contributed by atoms with van der Waals surface area (Å²) in [6.07, 6.45) is 5.91. The van der Waals surface area contributed by atoms with Gasteiger partial charge in [-0.15, -0.1) is 0 Å². The number of carbonyl (C=O) groups excluding carboxylic acids is 2. The number of amides is 2. The number of amidine groups is 1. The minimum atomic E-state index is -3.56. The number of sulfonamides is 1. The van der Waals surface area contributed by atoms with Crippen LogP contribution < -0.4 is 11.1 Å². The van der Waals surface area contributed by atoms with E-state index in [4.69, 9.17) is 15.3 Å². The van der Waals surface area contributed by atoms with Crippen molar-refractivity contribution in [2.24, 2.45) is 16.6 Å². The molecule has 2 fully saturated rings. The molecule has 2 aliphatic heterocycles. The third-order valence-electron chi connectivity index (χ3n) is 8.17. The average molecular weight is 624 g/mol. The zero-order chi connectivity index (χ0) is 31.3. The molecule has 2 amide bonds. The molecule has 44 heavy (non-hydrogen) atoms. The first-order valence-corrected chi connectivity index (χ1v) is 16.8. The van der Waals surface area contributed by atoms with E-state index in [0.29, 0.717) is 48.8 Å². The maximum absolute atomic E-state index is 13.5. The first kappa shape index (κ1) is 31.7. The van der Waals surface area contributed by atoms with Crippen molar-refractivity contribution in [3.8, 4) is 11.1 Å². The van der Waals surface area contributed by atoms with E-state index in [1.807, 2.05) is 31.2 Å². The van der Waals surface area contributed by atoms with Crippen molar-refractivity contribution in [2.75, 3.05) is 32.8 Å². The number of fused-ring (bicyclic) bond motifs is 1. The number of nitrogens with two attached hydrogens (primary N) is 1. The van der Waals surface area contributed by atoms with Crippen LogP contribution in [0.3, 0.4) is 0 Å². The van der Waals surface area contributed by atoms with Crippen molar-refractivity contribution >= 4 is 39.6 Å². The molecule has 5 rings (SSSR count). The van der Waals surface area contributed by atoms with Crippen molar-refractivity contribution in [1.29, 1.82) is 0 Å². The minimum absolute atomic E-state index is 0.00687. The summed E-state index contributed by atoms with van der Waals surface area (Å²) in [7, 11) is -3.56. The molecule has 0 spiro atoms. The van der Waals surface area contributed by atoms with Gasteiger partial charge >= 0.3 is 6.09 Å². The number of rotatable bonds is 12. The van der Waals surface area contributed by atoms with Crippen molar-refractivity contribution in [3.63, 3.8) is 0 Å². The maximum Gasteiger partial charge on any atom is 0.407 e. The third kappa shape index (κ3) is 7.31. The first-order chi connectivity index (χ1) is 21.2. The lowest BCUT2D eigenvalue weighted by atomic mass is 9.96. The second-order valence-electron chi connectivity index (χ2n) is 11.5. The highest BCUT2D eigenvalue weighted by Crippen LogP contribution is 2.34. The van der Waals surface area contributed by atoms with E-state index < -0.39 is 16.1 Å². The van der Waals surface area contributed by atoms with E-state index >= 15 is 0 Å². The third-order valence-corrected chi connectivity index (χ3v) is 10.0. The van der Waals surface area contributed by atoms with Crippen molar-refractivity contribution in [3.05, 3.63) is 53.6 Å². The quantitative estimate of drug-likeness (QED) is 0.260. The van der Waals surface area contributed by atoms with Crippen LogP contribution in [0.4, 0.5) is 10.5 Å². The number of hydrogen-bond donors (Lipinski definition) is 2. The van der Waals surface area contributed by atoms with E-state index in [1.54, 1.807) is 24.3 Å². The van der Waals surface area contributed by atoms with Crippen molar-refractivity contribution in [1.82, 2.24) is 14.7 Å². The molecule has 0 radical (unpaired) electrons. The number of alkyl carbamates (subject to hydrolysis) is 1. The molecule has 0 atom stereocenters. The molecule has 2 aromatic carbocycles. The number of nitrogens with one attached hydrogen (secondary N) is 1. The molecule has 1 saturated heterocycles. The van der Waals surface area contributed by atoms with Gasteiger partial charge in [-0.05, 0) is 67.0 Å².